The van der Waals surface area contributed by atoms with Gasteiger partial charge in [0.2, 0.25) is 0 Å². The predicted molar refractivity (Wildman–Crippen MR) is 93.9 cm³/mol. The maximum Gasteiger partial charge on any atom is 0.319 e. The second-order valence-electron chi connectivity index (χ2n) is 6.16. The van der Waals surface area contributed by atoms with E-state index in [1.54, 1.807) is 17.0 Å². The van der Waals surface area contributed by atoms with Gasteiger partial charge in [0.25, 0.3) is 5.91 Å². The number of hydrogen-bond donors (Lipinski definition) is 2. The zero-order valence-corrected chi connectivity index (χ0v) is 14.0. The molecule has 7 heteroatoms. The number of hydrogen-bond acceptors (Lipinski definition) is 2. The summed E-state index contributed by atoms with van der Waals surface area (Å²) in [6, 6.07) is 11.9. The van der Waals surface area contributed by atoms with E-state index >= 15 is 0 Å². The molecule has 0 aliphatic carbocycles. The quantitative estimate of drug-likeness (QED) is 0.882. The number of anilines is 1. The van der Waals surface area contributed by atoms with E-state index in [4.69, 9.17) is 0 Å². The molecule has 1 saturated heterocycles. The van der Waals surface area contributed by atoms with Crippen LogP contribution in [-0.2, 0) is 0 Å². The van der Waals surface area contributed by atoms with E-state index < -0.39 is 11.6 Å². The normalized spacial score (nSPS) is 14.8. The monoisotopic (exact) mass is 359 g/mol. The molecule has 136 valence electrons. The number of likely N-dealkylation sites (tertiary alicyclic amines) is 1. The second kappa shape index (κ2) is 7.95. The van der Waals surface area contributed by atoms with Crippen LogP contribution in [0.2, 0.25) is 0 Å². The van der Waals surface area contributed by atoms with E-state index in [9.17, 15) is 18.4 Å². The van der Waals surface area contributed by atoms with Crippen LogP contribution < -0.4 is 10.6 Å². The molecule has 3 amide bonds. The van der Waals surface area contributed by atoms with Crippen LogP contribution in [-0.4, -0.2) is 36.0 Å². The van der Waals surface area contributed by atoms with Gasteiger partial charge in [0, 0.05) is 30.4 Å². The molecule has 1 aliphatic rings. The van der Waals surface area contributed by atoms with E-state index in [0.717, 1.165) is 12.1 Å². The molecule has 0 atom stereocenters. The molecule has 1 fully saturated rings. The van der Waals surface area contributed by atoms with Gasteiger partial charge in [-0.25, -0.2) is 13.6 Å². The minimum atomic E-state index is -1.04. The highest BCUT2D eigenvalue weighted by Gasteiger charge is 2.25. The van der Waals surface area contributed by atoms with Gasteiger partial charge in [0.15, 0.2) is 11.6 Å². The van der Waals surface area contributed by atoms with Crippen LogP contribution in [0.15, 0.2) is 48.5 Å². The molecule has 2 aromatic rings. The Balaban J connectivity index is 1.50. The molecule has 0 unspecified atom stereocenters. The Morgan fingerprint density at radius 1 is 0.962 bits per heavy atom. The molecule has 2 N–H and O–H groups in total. The summed E-state index contributed by atoms with van der Waals surface area (Å²) in [5.41, 5.74) is 0.827. The Hall–Kier alpha value is -2.96. The van der Waals surface area contributed by atoms with Crippen molar-refractivity contribution in [3.63, 3.8) is 0 Å². The Kier molecular flexibility index (Phi) is 5.46. The number of nitrogens with one attached hydrogen (secondary N) is 2. The molecule has 0 spiro atoms. The molecular formula is C19H19F2N3O2. The first kappa shape index (κ1) is 17.8. The third-order valence-electron chi connectivity index (χ3n) is 4.32. The molecule has 0 radical (unpaired) electrons. The number of benzene rings is 2. The molecule has 2 aromatic carbocycles. The van der Waals surface area contributed by atoms with Crippen molar-refractivity contribution < 1.29 is 18.4 Å². The number of halogens is 2. The van der Waals surface area contributed by atoms with Crippen LogP contribution in [0.5, 0.6) is 0 Å². The number of amides is 3. The Morgan fingerprint density at radius 3 is 2.31 bits per heavy atom. The molecule has 0 aromatic heterocycles. The minimum Gasteiger partial charge on any atom is -0.338 e. The fraction of sp³-hybridized carbons (Fsp3) is 0.263. The number of rotatable bonds is 3. The molecule has 0 saturated carbocycles. The molecule has 1 aliphatic heterocycles. The number of urea groups is 1. The smallest absolute Gasteiger partial charge is 0.319 e. The van der Waals surface area contributed by atoms with E-state index in [1.165, 1.54) is 6.07 Å². The topological polar surface area (TPSA) is 61.4 Å². The lowest BCUT2D eigenvalue weighted by Crippen LogP contribution is -2.47. The first-order valence-corrected chi connectivity index (χ1v) is 8.40. The Bertz CT molecular complexity index is 791. The van der Waals surface area contributed by atoms with Crippen molar-refractivity contribution >= 4 is 17.6 Å². The van der Waals surface area contributed by atoms with Crippen LogP contribution in [0.3, 0.4) is 0 Å². The van der Waals surface area contributed by atoms with Crippen molar-refractivity contribution in [1.82, 2.24) is 10.2 Å². The van der Waals surface area contributed by atoms with Gasteiger partial charge in [0.05, 0.1) is 0 Å². The van der Waals surface area contributed by atoms with Crippen molar-refractivity contribution in [2.45, 2.75) is 18.9 Å². The number of nitrogens with zero attached hydrogens (tertiary/aromatic N) is 1. The summed E-state index contributed by atoms with van der Waals surface area (Å²) < 4.78 is 26.3. The molecule has 26 heavy (non-hydrogen) atoms. The van der Waals surface area contributed by atoms with E-state index in [-0.39, 0.29) is 23.5 Å². The predicted octanol–water partition coefficient (Wildman–Crippen LogP) is 3.39. The largest absolute Gasteiger partial charge is 0.338 e. The van der Waals surface area contributed by atoms with Crippen molar-refractivity contribution in [2.24, 2.45) is 0 Å². The van der Waals surface area contributed by atoms with Crippen molar-refractivity contribution in [1.29, 1.82) is 0 Å². The van der Waals surface area contributed by atoms with E-state index in [2.05, 4.69) is 10.6 Å². The fourth-order valence-electron chi connectivity index (χ4n) is 2.91. The number of carbonyl (C=O) groups is 2. The molecule has 5 nitrogen and oxygen atoms in total. The third kappa shape index (κ3) is 4.36. The van der Waals surface area contributed by atoms with Crippen LogP contribution in [0.4, 0.5) is 19.3 Å². The van der Waals surface area contributed by atoms with Gasteiger partial charge in [-0.05, 0) is 43.2 Å². The summed E-state index contributed by atoms with van der Waals surface area (Å²) in [6.45, 7) is 0.877. The lowest BCUT2D eigenvalue weighted by molar-refractivity contribution is 0.0708. The van der Waals surface area contributed by atoms with Crippen molar-refractivity contribution in [3.05, 3.63) is 65.7 Å². The van der Waals surface area contributed by atoms with Gasteiger partial charge in [-0.15, -0.1) is 0 Å². The van der Waals surface area contributed by atoms with E-state index in [1.807, 2.05) is 18.2 Å². The van der Waals surface area contributed by atoms with Gasteiger partial charge in [-0.1, -0.05) is 18.2 Å². The maximum atomic E-state index is 13.3. The van der Waals surface area contributed by atoms with Gasteiger partial charge in [0.1, 0.15) is 0 Å². The summed E-state index contributed by atoms with van der Waals surface area (Å²) >= 11 is 0. The summed E-state index contributed by atoms with van der Waals surface area (Å²) in [6.07, 6.45) is 1.19. The summed E-state index contributed by atoms with van der Waals surface area (Å²) in [7, 11) is 0. The molecule has 3 rings (SSSR count). The SMILES string of the molecule is O=C(Nc1ccccc1)NC1CCN(C(=O)c2ccc(F)c(F)c2)CC1. The first-order valence-electron chi connectivity index (χ1n) is 8.40. The summed E-state index contributed by atoms with van der Waals surface area (Å²) in [4.78, 5) is 26.0. The van der Waals surface area contributed by atoms with E-state index in [0.29, 0.717) is 31.6 Å². The average Bonchev–Trinajstić information content (AvgIpc) is 2.65. The zero-order valence-electron chi connectivity index (χ0n) is 14.0. The highest BCUT2D eigenvalue weighted by atomic mass is 19.2. The number of carbonyl (C=O) groups excluding carboxylic acids is 2. The fourth-order valence-corrected chi connectivity index (χ4v) is 2.91. The second-order valence-corrected chi connectivity index (χ2v) is 6.16. The van der Waals surface area contributed by atoms with Gasteiger partial charge < -0.3 is 15.5 Å². The van der Waals surface area contributed by atoms with Crippen molar-refractivity contribution in [2.75, 3.05) is 18.4 Å². The maximum absolute atomic E-state index is 13.3. The first-order chi connectivity index (χ1) is 12.5. The lowest BCUT2D eigenvalue weighted by Gasteiger charge is -2.32. The Labute approximate surface area is 150 Å². The van der Waals surface area contributed by atoms with Crippen molar-refractivity contribution in [3.8, 4) is 0 Å². The van der Waals surface area contributed by atoms with Crippen LogP contribution in [0.25, 0.3) is 0 Å². The lowest BCUT2D eigenvalue weighted by atomic mass is 10.0. The Morgan fingerprint density at radius 2 is 1.65 bits per heavy atom. The van der Waals surface area contributed by atoms with Gasteiger partial charge >= 0.3 is 6.03 Å². The zero-order chi connectivity index (χ0) is 18.5. The third-order valence-corrected chi connectivity index (χ3v) is 4.32. The summed E-state index contributed by atoms with van der Waals surface area (Å²) in [5.74, 6) is -2.35. The minimum absolute atomic E-state index is 0.0484. The number of para-hydroxylation sites is 1. The van der Waals surface area contributed by atoms with Crippen LogP contribution in [0.1, 0.15) is 23.2 Å². The molecular weight excluding hydrogens is 340 g/mol. The molecule has 0 bridgehead atoms. The number of piperidine rings is 1. The van der Waals surface area contributed by atoms with Crippen LogP contribution >= 0.6 is 0 Å². The summed E-state index contributed by atoms with van der Waals surface area (Å²) in [5, 5.41) is 5.64. The van der Waals surface area contributed by atoms with Gasteiger partial charge in [-0.2, -0.15) is 0 Å². The van der Waals surface area contributed by atoms with Crippen LogP contribution in [0, 0.1) is 11.6 Å². The highest BCUT2D eigenvalue weighted by Crippen LogP contribution is 2.16. The highest BCUT2D eigenvalue weighted by molar-refractivity contribution is 5.94. The molecule has 1 heterocycles. The standard InChI is InChI=1S/C19H19F2N3O2/c20-16-7-6-13(12-17(16)21)18(25)24-10-8-15(9-11-24)23-19(26)22-14-4-2-1-3-5-14/h1-7,12,15H,8-11H2,(H2,22,23,26). The average molecular weight is 359 g/mol. The van der Waals surface area contributed by atoms with Gasteiger partial charge in [-0.3, -0.25) is 4.79 Å².